The van der Waals surface area contributed by atoms with Crippen molar-refractivity contribution < 1.29 is 18.0 Å². The van der Waals surface area contributed by atoms with E-state index in [1.54, 1.807) is 23.1 Å². The molecular formula is C35H40F3N7O2. The lowest BCUT2D eigenvalue weighted by Crippen LogP contribution is -2.55. The number of nitrogens with zero attached hydrogens (tertiary/aromatic N) is 6. The van der Waals surface area contributed by atoms with Gasteiger partial charge >= 0.3 is 11.9 Å². The molecule has 1 aromatic heterocycles. The number of nitriles is 1. The number of piperidine rings is 1. The molecule has 6 rings (SSSR count). The molecule has 1 N–H and O–H groups in total. The molecule has 47 heavy (non-hydrogen) atoms. The second-order valence-corrected chi connectivity index (χ2v) is 12.8. The van der Waals surface area contributed by atoms with Gasteiger partial charge in [-0.25, -0.2) is 4.79 Å². The summed E-state index contributed by atoms with van der Waals surface area (Å²) >= 11 is 0. The zero-order valence-corrected chi connectivity index (χ0v) is 26.6. The number of carbonyl (C=O) groups excluding carboxylic acids is 1. The number of benzene rings is 2. The van der Waals surface area contributed by atoms with Crippen LogP contribution in [0.5, 0.6) is 0 Å². The Morgan fingerprint density at radius 2 is 1.87 bits per heavy atom. The number of alkyl halides is 3. The molecule has 1 amide bonds. The van der Waals surface area contributed by atoms with Crippen molar-refractivity contribution in [3.8, 4) is 6.07 Å². The van der Waals surface area contributed by atoms with Crippen molar-refractivity contribution in [1.29, 1.82) is 5.26 Å². The quantitative estimate of drug-likeness (QED) is 0.373. The zero-order chi connectivity index (χ0) is 33.1. The van der Waals surface area contributed by atoms with Crippen molar-refractivity contribution in [2.24, 2.45) is 0 Å². The average Bonchev–Trinajstić information content (AvgIpc) is 3.25. The van der Waals surface area contributed by atoms with Crippen LogP contribution in [-0.4, -0.2) is 83.2 Å². The zero-order valence-electron chi connectivity index (χ0n) is 26.6. The molecule has 2 aromatic carbocycles. The van der Waals surface area contributed by atoms with Crippen molar-refractivity contribution in [1.82, 2.24) is 19.8 Å². The van der Waals surface area contributed by atoms with Gasteiger partial charge < -0.3 is 19.7 Å². The predicted octanol–water partition coefficient (Wildman–Crippen LogP) is 5.09. The van der Waals surface area contributed by atoms with E-state index < -0.39 is 23.9 Å². The first kappa shape index (κ1) is 32.6. The predicted molar refractivity (Wildman–Crippen MR) is 175 cm³/mol. The summed E-state index contributed by atoms with van der Waals surface area (Å²) in [6.07, 6.45) is 2.40. The summed E-state index contributed by atoms with van der Waals surface area (Å²) in [5.41, 5.74) is 1.65. The number of amides is 1. The molecule has 2 fully saturated rings. The van der Waals surface area contributed by atoms with Gasteiger partial charge in [-0.05, 0) is 62.7 Å². The maximum absolute atomic E-state index is 14.7. The lowest BCUT2D eigenvalue weighted by Gasteiger charge is -2.41. The summed E-state index contributed by atoms with van der Waals surface area (Å²) in [5, 5.41) is 11.2. The second-order valence-electron chi connectivity index (χ2n) is 12.8. The second kappa shape index (κ2) is 13.8. The molecule has 0 bridgehead atoms. The Bertz CT molecular complexity index is 1740. The molecule has 2 saturated heterocycles. The number of piperazine rings is 1. The monoisotopic (exact) mass is 647 g/mol. The van der Waals surface area contributed by atoms with Gasteiger partial charge in [0.25, 0.3) is 0 Å². The molecular weight excluding hydrogens is 607 g/mol. The number of carbonyl (C=O) groups is 1. The topological polar surface area (TPSA) is 99.6 Å². The number of rotatable bonds is 6. The largest absolute Gasteiger partial charge is 0.408 e. The molecule has 2 atom stereocenters. The molecule has 3 aliphatic heterocycles. The smallest absolute Gasteiger partial charge is 0.353 e. The summed E-state index contributed by atoms with van der Waals surface area (Å²) in [4.78, 5) is 40.5. The highest BCUT2D eigenvalue weighted by Crippen LogP contribution is 2.40. The van der Waals surface area contributed by atoms with E-state index in [1.165, 1.54) is 11.3 Å². The van der Waals surface area contributed by atoms with Crippen LogP contribution in [0.25, 0.3) is 10.8 Å². The molecule has 0 radical (unpaired) electrons. The third-order valence-corrected chi connectivity index (χ3v) is 9.72. The molecule has 0 unspecified atom stereocenters. The van der Waals surface area contributed by atoms with Gasteiger partial charge in [0, 0.05) is 54.6 Å². The first-order chi connectivity index (χ1) is 22.6. The summed E-state index contributed by atoms with van der Waals surface area (Å²) < 4.78 is 44.2. The lowest BCUT2D eigenvalue weighted by atomic mass is 10.0. The van der Waals surface area contributed by atoms with Gasteiger partial charge in [-0.2, -0.15) is 23.4 Å². The number of hydrogen-bond acceptors (Lipinski definition) is 7. The van der Waals surface area contributed by atoms with Gasteiger partial charge in [0.05, 0.1) is 25.1 Å². The Hall–Kier alpha value is -4.37. The van der Waals surface area contributed by atoms with Crippen LogP contribution in [0.3, 0.4) is 0 Å². The van der Waals surface area contributed by atoms with Gasteiger partial charge in [0.2, 0.25) is 5.91 Å². The van der Waals surface area contributed by atoms with E-state index in [1.807, 2.05) is 42.2 Å². The first-order valence-corrected chi connectivity index (χ1v) is 16.4. The van der Waals surface area contributed by atoms with E-state index in [-0.39, 0.29) is 38.3 Å². The van der Waals surface area contributed by atoms with Gasteiger partial charge in [-0.1, -0.05) is 42.8 Å². The summed E-state index contributed by atoms with van der Waals surface area (Å²) in [7, 11) is 0. The number of aromatic amines is 1. The number of anilines is 2. The van der Waals surface area contributed by atoms with Crippen LogP contribution in [0.1, 0.15) is 48.9 Å². The van der Waals surface area contributed by atoms with Crippen LogP contribution in [-0.2, 0) is 17.8 Å². The Morgan fingerprint density at radius 1 is 1.11 bits per heavy atom. The average molecular weight is 648 g/mol. The molecule has 0 saturated carbocycles. The fourth-order valence-electron chi connectivity index (χ4n) is 7.40. The van der Waals surface area contributed by atoms with Gasteiger partial charge in [0.1, 0.15) is 11.9 Å². The van der Waals surface area contributed by atoms with Crippen LogP contribution in [0, 0.1) is 18.3 Å². The number of likely N-dealkylation sites (tertiary alicyclic amines) is 1. The van der Waals surface area contributed by atoms with Crippen LogP contribution in [0.2, 0.25) is 0 Å². The van der Waals surface area contributed by atoms with Crippen molar-refractivity contribution in [3.63, 3.8) is 0 Å². The van der Waals surface area contributed by atoms with Crippen molar-refractivity contribution >= 4 is 28.2 Å². The number of fused-ring (bicyclic) bond motifs is 2. The number of aromatic nitrogens is 2. The molecule has 12 heteroatoms. The highest BCUT2D eigenvalue weighted by atomic mass is 19.4. The van der Waals surface area contributed by atoms with Crippen LogP contribution in [0.4, 0.5) is 24.7 Å². The lowest BCUT2D eigenvalue weighted by molar-refractivity contribution is -0.150. The van der Waals surface area contributed by atoms with Crippen LogP contribution in [0.15, 0.2) is 53.3 Å². The van der Waals surface area contributed by atoms with Gasteiger partial charge in [-0.15, -0.1) is 0 Å². The maximum Gasteiger partial charge on any atom is 0.408 e. The third kappa shape index (κ3) is 7.00. The minimum absolute atomic E-state index is 0.0557. The van der Waals surface area contributed by atoms with E-state index in [0.717, 1.165) is 42.3 Å². The van der Waals surface area contributed by atoms with E-state index in [9.17, 15) is 28.0 Å². The Kier molecular flexibility index (Phi) is 9.55. The number of halogens is 3. The molecule has 248 valence electrons. The molecule has 9 nitrogen and oxygen atoms in total. The van der Waals surface area contributed by atoms with E-state index >= 15 is 0 Å². The fourth-order valence-corrected chi connectivity index (χ4v) is 7.40. The van der Waals surface area contributed by atoms with Crippen LogP contribution >= 0.6 is 0 Å². The Balaban J connectivity index is 1.29. The van der Waals surface area contributed by atoms with Crippen molar-refractivity contribution in [2.45, 2.75) is 70.3 Å². The maximum atomic E-state index is 14.7. The number of hydrogen-bond donors (Lipinski definition) is 1. The van der Waals surface area contributed by atoms with Crippen LogP contribution < -0.4 is 15.5 Å². The molecule has 4 heterocycles. The first-order valence-electron chi connectivity index (χ1n) is 16.4. The number of H-pyrrole nitrogens is 1. The minimum atomic E-state index is -4.52. The summed E-state index contributed by atoms with van der Waals surface area (Å²) in [6, 6.07) is 10.9. The molecule has 0 aliphatic carbocycles. The van der Waals surface area contributed by atoms with Gasteiger partial charge in [-0.3, -0.25) is 9.69 Å². The van der Waals surface area contributed by atoms with E-state index in [2.05, 4.69) is 20.9 Å². The number of aryl methyl sites for hydroxylation is 1. The third-order valence-electron chi connectivity index (χ3n) is 9.72. The number of nitrogens with one attached hydrogen (secondary N) is 1. The highest BCUT2D eigenvalue weighted by Gasteiger charge is 2.46. The molecule has 3 aliphatic rings. The Labute approximate surface area is 272 Å². The fraction of sp³-hybridized carbons (Fsp3) is 0.486. The van der Waals surface area contributed by atoms with Crippen molar-refractivity contribution in [2.75, 3.05) is 49.1 Å². The molecule has 0 spiro atoms. The highest BCUT2D eigenvalue weighted by molar-refractivity contribution is 5.97. The molecule has 3 aromatic rings. The minimum Gasteiger partial charge on any atom is -0.353 e. The van der Waals surface area contributed by atoms with Crippen molar-refractivity contribution in [3.05, 3.63) is 75.9 Å². The van der Waals surface area contributed by atoms with E-state index in [4.69, 9.17) is 0 Å². The van der Waals surface area contributed by atoms with E-state index in [0.29, 0.717) is 42.4 Å². The standard InChI is InChI=1S/C35H40F3N7O2/c1-24-8-5-9-25-10-6-11-29(32(24)25)45-23-28-27(13-14-30(45)35(36,37)38)33(41-34(47)40-28)43-20-21-44(26(22-43)15-16-39)31(46)12-7-19-42-17-3-2-4-18-42/h5-12,26,30H,2-4,13-15,17-23H2,1H3,(H,40,41,47)/b12-7+/t26-,30+/m0/s1. The summed E-state index contributed by atoms with van der Waals surface area (Å²) in [6.45, 7) is 5.36. The van der Waals surface area contributed by atoms with Gasteiger partial charge in [0.15, 0.2) is 0 Å². The Morgan fingerprint density at radius 3 is 2.62 bits per heavy atom. The normalized spacial score (nSPS) is 21.1. The SMILES string of the molecule is Cc1cccc2cccc(N3Cc4[nH]c(=O)nc(N5CCN(C(=O)/C=C/CN6CCCCC6)[C@@H](CC#N)C5)c4CC[C@@H]3C(F)(F)F)c12. The summed E-state index contributed by atoms with van der Waals surface area (Å²) in [5.74, 6) is 0.157.